The summed E-state index contributed by atoms with van der Waals surface area (Å²) >= 11 is 0. The number of nitrogens with one attached hydrogen (secondary N) is 2. The monoisotopic (exact) mass is 445 g/mol. The van der Waals surface area contributed by atoms with Gasteiger partial charge in [-0.15, -0.1) is 0 Å². The second kappa shape index (κ2) is 13.8. The van der Waals surface area contributed by atoms with E-state index in [4.69, 9.17) is 0 Å². The van der Waals surface area contributed by atoms with Crippen molar-refractivity contribution in [2.75, 3.05) is 19.4 Å². The van der Waals surface area contributed by atoms with Gasteiger partial charge in [0, 0.05) is 47.3 Å². The van der Waals surface area contributed by atoms with Gasteiger partial charge in [0.1, 0.15) is 0 Å². The fourth-order valence-corrected chi connectivity index (χ4v) is 3.24. The Bertz CT molecular complexity index is 1150. The van der Waals surface area contributed by atoms with Gasteiger partial charge in [-0.2, -0.15) is 0 Å². The van der Waals surface area contributed by atoms with Crippen molar-refractivity contribution >= 4 is 23.4 Å². The molecular formula is C29H39N3O. The molecule has 33 heavy (non-hydrogen) atoms. The molecule has 0 aliphatic rings. The van der Waals surface area contributed by atoms with Gasteiger partial charge in [0.25, 0.3) is 5.91 Å². The molecule has 3 aromatic rings. The fourth-order valence-electron chi connectivity index (χ4n) is 3.24. The molecule has 4 nitrogen and oxygen atoms in total. The minimum atomic E-state index is -0.00376. The lowest BCUT2D eigenvalue weighted by molar-refractivity contribution is 0.0827. The first-order valence-corrected chi connectivity index (χ1v) is 11.6. The summed E-state index contributed by atoms with van der Waals surface area (Å²) in [5.41, 5.74) is 6.00. The summed E-state index contributed by atoms with van der Waals surface area (Å²) in [6.07, 6.45) is 3.74. The molecule has 0 aliphatic heterocycles. The van der Waals surface area contributed by atoms with E-state index in [1.54, 1.807) is 25.1 Å². The van der Waals surface area contributed by atoms with E-state index in [9.17, 15) is 4.79 Å². The third-order valence-corrected chi connectivity index (χ3v) is 4.74. The molecule has 0 atom stereocenters. The highest BCUT2D eigenvalue weighted by Gasteiger charge is 2.09. The molecule has 0 saturated carbocycles. The normalized spacial score (nSPS) is 11.3. The standard InChI is InChI=1S/C25H27N3O.2C2H6/c1-6-8-23-22(18(3)26-21-10-7-9-17(2)15-21)16-24(27-23)19-11-13-20(14-12-19)25(29)28(4)5;2*1-2/h6-16,26-27H,1H2,2-5H3;2*1-2H3/b22-18+,23-8+;;. The third-order valence-electron chi connectivity index (χ3n) is 4.74. The fraction of sp³-hybridized carbons (Fsp3) is 0.276. The van der Waals surface area contributed by atoms with Gasteiger partial charge in [0.15, 0.2) is 0 Å². The number of aromatic amines is 1. The maximum Gasteiger partial charge on any atom is 0.253 e. The van der Waals surface area contributed by atoms with Gasteiger partial charge in [-0.1, -0.05) is 64.6 Å². The Kier molecular flexibility index (Phi) is 11.5. The summed E-state index contributed by atoms with van der Waals surface area (Å²) in [5.74, 6) is -0.00376. The van der Waals surface area contributed by atoms with Crippen LogP contribution in [0, 0.1) is 6.92 Å². The van der Waals surface area contributed by atoms with Crippen LogP contribution in [0.3, 0.4) is 0 Å². The Hall–Kier alpha value is -3.53. The lowest BCUT2D eigenvalue weighted by atomic mass is 10.1. The van der Waals surface area contributed by atoms with E-state index in [1.165, 1.54) is 5.56 Å². The van der Waals surface area contributed by atoms with Crippen LogP contribution in [0.15, 0.2) is 67.3 Å². The number of hydrogen-bond acceptors (Lipinski definition) is 2. The molecule has 0 fully saturated rings. The predicted molar refractivity (Wildman–Crippen MR) is 145 cm³/mol. The summed E-state index contributed by atoms with van der Waals surface area (Å²) in [4.78, 5) is 17.2. The molecule has 1 amide bonds. The number of H-pyrrole nitrogens is 1. The molecule has 4 heteroatoms. The van der Waals surface area contributed by atoms with E-state index in [0.717, 1.165) is 33.2 Å². The molecule has 0 radical (unpaired) electrons. The van der Waals surface area contributed by atoms with Gasteiger partial charge in [-0.3, -0.25) is 4.79 Å². The first-order chi connectivity index (χ1) is 15.9. The van der Waals surface area contributed by atoms with E-state index >= 15 is 0 Å². The molecule has 0 aliphatic carbocycles. The van der Waals surface area contributed by atoms with Crippen molar-refractivity contribution in [1.29, 1.82) is 0 Å². The van der Waals surface area contributed by atoms with Crippen LogP contribution in [-0.4, -0.2) is 29.9 Å². The maximum atomic E-state index is 12.1. The van der Waals surface area contributed by atoms with E-state index in [0.29, 0.717) is 5.56 Å². The van der Waals surface area contributed by atoms with Gasteiger partial charge >= 0.3 is 0 Å². The second-order valence-electron chi connectivity index (χ2n) is 7.31. The number of nitrogens with zero attached hydrogens (tertiary/aromatic N) is 1. The van der Waals surface area contributed by atoms with Crippen LogP contribution >= 0.6 is 0 Å². The van der Waals surface area contributed by atoms with Crippen LogP contribution in [0.5, 0.6) is 0 Å². The number of allylic oxidation sites excluding steroid dienone is 1. The van der Waals surface area contributed by atoms with Crippen molar-refractivity contribution in [3.63, 3.8) is 0 Å². The molecule has 3 rings (SSSR count). The largest absolute Gasteiger partial charge is 0.359 e. The highest BCUT2D eigenvalue weighted by Crippen LogP contribution is 2.17. The summed E-state index contributed by atoms with van der Waals surface area (Å²) < 4.78 is 0. The lowest BCUT2D eigenvalue weighted by Crippen LogP contribution is -2.26. The summed E-state index contributed by atoms with van der Waals surface area (Å²) in [5, 5.41) is 5.56. The summed E-state index contributed by atoms with van der Waals surface area (Å²) in [6.45, 7) is 16.0. The Morgan fingerprint density at radius 1 is 1.00 bits per heavy atom. The quantitative estimate of drug-likeness (QED) is 0.510. The van der Waals surface area contributed by atoms with Gasteiger partial charge < -0.3 is 15.2 Å². The number of anilines is 1. The zero-order valence-electron chi connectivity index (χ0n) is 21.4. The van der Waals surface area contributed by atoms with E-state index < -0.39 is 0 Å². The van der Waals surface area contributed by atoms with Crippen LogP contribution in [0.1, 0.15) is 50.5 Å². The molecule has 1 aromatic heterocycles. The zero-order valence-corrected chi connectivity index (χ0v) is 21.4. The Morgan fingerprint density at radius 2 is 1.64 bits per heavy atom. The number of benzene rings is 2. The summed E-state index contributed by atoms with van der Waals surface area (Å²) in [7, 11) is 3.51. The molecule has 2 N–H and O–H groups in total. The molecule has 1 heterocycles. The topological polar surface area (TPSA) is 48.1 Å². The molecule has 2 aromatic carbocycles. The van der Waals surface area contributed by atoms with Crippen molar-refractivity contribution in [3.05, 3.63) is 88.9 Å². The highest BCUT2D eigenvalue weighted by atomic mass is 16.2. The van der Waals surface area contributed by atoms with Crippen molar-refractivity contribution in [3.8, 4) is 11.3 Å². The van der Waals surface area contributed by atoms with E-state index in [2.05, 4.69) is 55.0 Å². The average Bonchev–Trinajstić information content (AvgIpc) is 3.25. The zero-order chi connectivity index (χ0) is 25.0. The van der Waals surface area contributed by atoms with Crippen LogP contribution < -0.4 is 15.9 Å². The van der Waals surface area contributed by atoms with Crippen LogP contribution in [0.4, 0.5) is 5.69 Å². The first kappa shape index (κ1) is 27.5. The SMILES string of the molecule is C=C/C=c1/[nH]c(-c2ccc(C(=O)N(C)C)cc2)c/c1=C(/C)Nc1cccc(C)c1.CC.CC. The number of aryl methyl sites for hydroxylation is 1. The number of carbonyl (C=O) groups is 1. The third kappa shape index (κ3) is 7.53. The van der Waals surface area contributed by atoms with Gasteiger partial charge in [0.2, 0.25) is 0 Å². The Morgan fingerprint density at radius 3 is 2.18 bits per heavy atom. The first-order valence-electron chi connectivity index (χ1n) is 11.6. The minimum Gasteiger partial charge on any atom is -0.359 e. The van der Waals surface area contributed by atoms with Gasteiger partial charge in [0.05, 0.1) is 0 Å². The highest BCUT2D eigenvalue weighted by molar-refractivity contribution is 5.94. The molecule has 0 saturated heterocycles. The second-order valence-corrected chi connectivity index (χ2v) is 7.31. The van der Waals surface area contributed by atoms with Crippen molar-refractivity contribution in [1.82, 2.24) is 9.88 Å². The van der Waals surface area contributed by atoms with E-state index in [1.807, 2.05) is 64.1 Å². The number of carbonyl (C=O) groups excluding carboxylic acids is 1. The molecular weight excluding hydrogens is 406 g/mol. The van der Waals surface area contributed by atoms with Crippen molar-refractivity contribution in [2.45, 2.75) is 41.5 Å². The lowest BCUT2D eigenvalue weighted by Gasteiger charge is -2.10. The van der Waals surface area contributed by atoms with Crippen LogP contribution in [-0.2, 0) is 0 Å². The van der Waals surface area contributed by atoms with Crippen molar-refractivity contribution < 1.29 is 4.79 Å². The summed E-state index contributed by atoms with van der Waals surface area (Å²) in [6, 6.07) is 18.1. The molecule has 0 unspecified atom stereocenters. The average molecular weight is 446 g/mol. The minimum absolute atomic E-state index is 0.00376. The van der Waals surface area contributed by atoms with Crippen LogP contribution in [0.2, 0.25) is 0 Å². The Balaban J connectivity index is 0.00000129. The molecule has 0 bridgehead atoms. The predicted octanol–water partition coefficient (Wildman–Crippen LogP) is 5.95. The number of aromatic nitrogens is 1. The Labute approximate surface area is 199 Å². The molecule has 0 spiro atoms. The van der Waals surface area contributed by atoms with Crippen molar-refractivity contribution in [2.24, 2.45) is 0 Å². The number of hydrogen-bond donors (Lipinski definition) is 2. The van der Waals surface area contributed by atoms with E-state index in [-0.39, 0.29) is 5.91 Å². The number of amides is 1. The van der Waals surface area contributed by atoms with Gasteiger partial charge in [-0.25, -0.2) is 0 Å². The molecule has 176 valence electrons. The van der Waals surface area contributed by atoms with Crippen LogP contribution in [0.25, 0.3) is 23.0 Å². The maximum absolute atomic E-state index is 12.1. The smallest absolute Gasteiger partial charge is 0.253 e. The van der Waals surface area contributed by atoms with Gasteiger partial charge in [-0.05, 0) is 61.4 Å². The number of rotatable bonds is 5.